The first-order chi connectivity index (χ1) is 26.8. The number of anilines is 1. The number of benzene rings is 3. The van der Waals surface area contributed by atoms with Crippen molar-refractivity contribution < 1.29 is 0 Å². The molecule has 0 spiro atoms. The molecule has 0 amide bonds. The topological polar surface area (TPSA) is 3.24 Å². The Kier molecular flexibility index (Phi) is 12.5. The summed E-state index contributed by atoms with van der Waals surface area (Å²) in [5.41, 5.74) is 16.2. The number of rotatable bonds is 12. The lowest BCUT2D eigenvalue weighted by molar-refractivity contribution is 0.419. The smallest absolute Gasteiger partial charge is 0.0458 e. The molecule has 0 bridgehead atoms. The zero-order chi connectivity index (χ0) is 38.1. The first kappa shape index (κ1) is 38.1. The molecule has 4 aliphatic rings. The highest BCUT2D eigenvalue weighted by molar-refractivity contribution is 5.64. The second kappa shape index (κ2) is 18.0. The quantitative estimate of drug-likeness (QED) is 0.180. The van der Waals surface area contributed by atoms with Gasteiger partial charge in [-0.15, -0.1) is 0 Å². The third-order valence-electron chi connectivity index (χ3n) is 12.0. The minimum absolute atomic E-state index is 0.516. The summed E-state index contributed by atoms with van der Waals surface area (Å²) >= 11 is 0. The number of hydrogen-bond acceptors (Lipinski definition) is 1. The second-order valence-corrected chi connectivity index (χ2v) is 16.4. The Bertz CT molecular complexity index is 2120. The molecule has 280 valence electrons. The summed E-state index contributed by atoms with van der Waals surface area (Å²) in [6.45, 7) is 11.3. The lowest BCUT2D eigenvalue weighted by Crippen LogP contribution is -2.23. The van der Waals surface area contributed by atoms with Crippen molar-refractivity contribution >= 4 is 17.8 Å². The van der Waals surface area contributed by atoms with Gasteiger partial charge in [0.15, 0.2) is 0 Å². The van der Waals surface area contributed by atoms with E-state index < -0.39 is 0 Å². The Morgan fingerprint density at radius 3 is 1.82 bits per heavy atom. The molecule has 4 unspecified atom stereocenters. The highest BCUT2D eigenvalue weighted by atomic mass is 15.2. The molecule has 0 saturated heterocycles. The Morgan fingerprint density at radius 1 is 0.636 bits per heavy atom. The van der Waals surface area contributed by atoms with Crippen molar-refractivity contribution in [2.45, 2.75) is 85.5 Å². The van der Waals surface area contributed by atoms with E-state index >= 15 is 0 Å². The van der Waals surface area contributed by atoms with E-state index in [9.17, 15) is 0 Å². The highest BCUT2D eigenvalue weighted by Gasteiger charge is 2.26. The van der Waals surface area contributed by atoms with Crippen molar-refractivity contribution in [1.29, 1.82) is 0 Å². The molecule has 0 radical (unpaired) electrons. The number of nitrogens with zero attached hydrogens (tertiary/aromatic N) is 1. The lowest BCUT2D eigenvalue weighted by Gasteiger charge is -2.32. The Hall–Kier alpha value is -5.14. The van der Waals surface area contributed by atoms with Gasteiger partial charge in [-0.25, -0.2) is 0 Å². The molecule has 3 aromatic rings. The molecule has 55 heavy (non-hydrogen) atoms. The van der Waals surface area contributed by atoms with E-state index in [1.165, 1.54) is 68.0 Å². The van der Waals surface area contributed by atoms with Crippen LogP contribution in [0.15, 0.2) is 179 Å². The minimum Gasteiger partial charge on any atom is -0.315 e. The molecule has 1 heteroatoms. The van der Waals surface area contributed by atoms with Crippen LogP contribution < -0.4 is 4.90 Å². The van der Waals surface area contributed by atoms with E-state index in [0.717, 1.165) is 38.5 Å². The maximum Gasteiger partial charge on any atom is 0.0458 e. The van der Waals surface area contributed by atoms with Crippen molar-refractivity contribution in [3.05, 3.63) is 207 Å². The summed E-state index contributed by atoms with van der Waals surface area (Å²) in [4.78, 5) is 2.45. The van der Waals surface area contributed by atoms with Gasteiger partial charge in [0.2, 0.25) is 0 Å². The molecule has 0 aliphatic heterocycles. The van der Waals surface area contributed by atoms with Crippen LogP contribution in [0.4, 0.5) is 5.69 Å². The molecule has 3 aromatic carbocycles. The van der Waals surface area contributed by atoms with Crippen LogP contribution in [0.3, 0.4) is 0 Å². The summed E-state index contributed by atoms with van der Waals surface area (Å²) in [6, 6.07) is 27.2. The maximum atomic E-state index is 2.46. The lowest BCUT2D eigenvalue weighted by atomic mass is 9.74. The molecular formula is C54H59N. The second-order valence-electron chi connectivity index (χ2n) is 16.4. The third kappa shape index (κ3) is 10.1. The zero-order valence-corrected chi connectivity index (χ0v) is 33.7. The normalized spacial score (nSPS) is 21.0. The predicted octanol–water partition coefficient (Wildman–Crippen LogP) is 14.9. The van der Waals surface area contributed by atoms with Crippen LogP contribution in [0.25, 0.3) is 12.2 Å². The Labute approximate surface area is 332 Å². The molecule has 0 fully saturated rings. The Balaban J connectivity index is 0.973. The van der Waals surface area contributed by atoms with Crippen LogP contribution >= 0.6 is 0 Å². The van der Waals surface area contributed by atoms with Crippen molar-refractivity contribution in [1.82, 2.24) is 0 Å². The van der Waals surface area contributed by atoms with Gasteiger partial charge in [0, 0.05) is 17.1 Å². The van der Waals surface area contributed by atoms with Crippen LogP contribution in [0, 0.1) is 31.6 Å². The van der Waals surface area contributed by atoms with E-state index in [-0.39, 0.29) is 0 Å². The number of hydrogen-bond donors (Lipinski definition) is 0. The minimum atomic E-state index is 0.516. The average molecular weight is 722 g/mol. The van der Waals surface area contributed by atoms with Crippen LogP contribution in [-0.2, 0) is 0 Å². The van der Waals surface area contributed by atoms with Gasteiger partial charge < -0.3 is 4.90 Å². The molecular weight excluding hydrogens is 663 g/mol. The highest BCUT2D eigenvalue weighted by Crippen LogP contribution is 2.40. The number of aryl methyl sites for hydroxylation is 2. The largest absolute Gasteiger partial charge is 0.315 e. The van der Waals surface area contributed by atoms with E-state index in [2.05, 4.69) is 197 Å². The van der Waals surface area contributed by atoms with E-state index in [1.54, 1.807) is 5.57 Å². The SMILES string of the molecule is CC1=CCC(CC(c2ccc(C)cc2)C(C)C2=CC=C(C=Cc3ccc(C=CC4=CC=C(N(C5=CCC(C)C=C5)c5ccc(C)cc5)CC4)cc3)CC2)C=C1. The van der Waals surface area contributed by atoms with Gasteiger partial charge in [0.05, 0.1) is 0 Å². The standard InChI is InChI=1S/C54H59N/c1-39-6-14-48(15-7-39)38-54(50-28-8-40(2)9-29-50)43(5)49-30-24-46(25-31-49)22-20-44-16-18-45(19-17-44)21-23-47-26-36-53(37-27-47)55(51-32-10-41(3)11-33-51)52-34-12-42(4)13-35-52/h6-12,14,16-24,26,28-30,32-36,42-43,48,54H,13,15,25,27,31,37-38H2,1-5H3. The van der Waals surface area contributed by atoms with Gasteiger partial charge in [0.1, 0.15) is 0 Å². The van der Waals surface area contributed by atoms with E-state index in [1.807, 2.05) is 0 Å². The molecule has 1 nitrogen and oxygen atoms in total. The first-order valence-electron chi connectivity index (χ1n) is 20.7. The monoisotopic (exact) mass is 721 g/mol. The predicted molar refractivity (Wildman–Crippen MR) is 239 cm³/mol. The molecule has 0 saturated carbocycles. The molecule has 0 heterocycles. The van der Waals surface area contributed by atoms with Crippen molar-refractivity contribution in [2.75, 3.05) is 4.90 Å². The van der Waals surface area contributed by atoms with Crippen molar-refractivity contribution in [2.24, 2.45) is 17.8 Å². The fraction of sp³-hybridized carbons (Fsp3) is 0.296. The van der Waals surface area contributed by atoms with Crippen LogP contribution in [-0.4, -0.2) is 0 Å². The van der Waals surface area contributed by atoms with Gasteiger partial charge in [-0.05, 0) is 142 Å². The summed E-state index contributed by atoms with van der Waals surface area (Å²) in [5.74, 6) is 2.25. The zero-order valence-electron chi connectivity index (χ0n) is 33.7. The van der Waals surface area contributed by atoms with Gasteiger partial charge in [-0.2, -0.15) is 0 Å². The molecule has 0 aromatic heterocycles. The molecule has 4 atom stereocenters. The van der Waals surface area contributed by atoms with Crippen LogP contribution in [0.1, 0.15) is 99.5 Å². The summed E-state index contributed by atoms with van der Waals surface area (Å²) < 4.78 is 0. The van der Waals surface area contributed by atoms with Crippen molar-refractivity contribution in [3.63, 3.8) is 0 Å². The maximum absolute atomic E-state index is 2.46. The molecule has 4 aliphatic carbocycles. The summed E-state index contributed by atoms with van der Waals surface area (Å²) in [6.07, 6.45) is 40.5. The first-order valence-corrected chi connectivity index (χ1v) is 20.7. The summed E-state index contributed by atoms with van der Waals surface area (Å²) in [7, 11) is 0. The van der Waals surface area contributed by atoms with E-state index in [0.29, 0.717) is 23.7 Å². The Morgan fingerprint density at radius 2 is 1.27 bits per heavy atom. The fourth-order valence-electron chi connectivity index (χ4n) is 8.31. The molecule has 7 rings (SSSR count). The fourth-order valence-corrected chi connectivity index (χ4v) is 8.31. The van der Waals surface area contributed by atoms with Gasteiger partial charge >= 0.3 is 0 Å². The van der Waals surface area contributed by atoms with Crippen LogP contribution in [0.2, 0.25) is 0 Å². The summed E-state index contributed by atoms with van der Waals surface area (Å²) in [5, 5.41) is 0. The van der Waals surface area contributed by atoms with Gasteiger partial charge in [-0.1, -0.05) is 170 Å². The molecule has 0 N–H and O–H groups in total. The van der Waals surface area contributed by atoms with Crippen LogP contribution in [0.5, 0.6) is 0 Å². The van der Waals surface area contributed by atoms with Gasteiger partial charge in [0.25, 0.3) is 0 Å². The average Bonchev–Trinajstić information content (AvgIpc) is 3.22. The number of allylic oxidation sites excluding steroid dienone is 17. The van der Waals surface area contributed by atoms with Crippen molar-refractivity contribution in [3.8, 4) is 0 Å². The van der Waals surface area contributed by atoms with Gasteiger partial charge in [-0.3, -0.25) is 0 Å². The van der Waals surface area contributed by atoms with E-state index in [4.69, 9.17) is 0 Å². The third-order valence-corrected chi connectivity index (χ3v) is 12.0.